The van der Waals surface area contributed by atoms with Crippen LogP contribution in [0.3, 0.4) is 0 Å². The number of nitrogens with zero attached hydrogens (tertiary/aromatic N) is 5. The zero-order chi connectivity index (χ0) is 22.1. The predicted molar refractivity (Wildman–Crippen MR) is 123 cm³/mol. The lowest BCUT2D eigenvalue weighted by molar-refractivity contribution is 0.0389. The summed E-state index contributed by atoms with van der Waals surface area (Å²) in [5.74, 6) is 2.27. The normalized spacial score (nSPS) is 15.8. The van der Waals surface area contributed by atoms with Crippen molar-refractivity contribution in [1.29, 1.82) is 0 Å². The molecule has 2 aromatic heterocycles. The van der Waals surface area contributed by atoms with Gasteiger partial charge in [0.15, 0.2) is 11.6 Å². The van der Waals surface area contributed by atoms with Crippen molar-refractivity contribution in [3.8, 4) is 11.4 Å². The Hall–Kier alpha value is -3.71. The van der Waals surface area contributed by atoms with Crippen molar-refractivity contribution < 1.29 is 9.47 Å². The predicted octanol–water partition coefficient (Wildman–Crippen LogP) is 4.38. The highest BCUT2D eigenvalue weighted by atomic mass is 16.5. The van der Waals surface area contributed by atoms with Crippen LogP contribution < -0.4 is 4.74 Å². The Morgan fingerprint density at radius 1 is 1.09 bits per heavy atom. The fourth-order valence-electron chi connectivity index (χ4n) is 3.85. The Kier molecular flexibility index (Phi) is 5.33. The van der Waals surface area contributed by atoms with Gasteiger partial charge in [-0.05, 0) is 43.2 Å². The lowest BCUT2D eigenvalue weighted by Gasteiger charge is -2.23. The molecule has 0 N–H and O–H groups in total. The van der Waals surface area contributed by atoms with Crippen molar-refractivity contribution in [3.05, 3.63) is 89.0 Å². The van der Waals surface area contributed by atoms with Gasteiger partial charge in [-0.1, -0.05) is 42.0 Å². The first-order valence-electron chi connectivity index (χ1n) is 10.6. The van der Waals surface area contributed by atoms with Gasteiger partial charge < -0.3 is 14.0 Å². The summed E-state index contributed by atoms with van der Waals surface area (Å²) in [4.78, 5) is 9.05. The largest absolute Gasteiger partial charge is 0.495 e. The molecule has 0 spiro atoms. The summed E-state index contributed by atoms with van der Waals surface area (Å²) in [5, 5.41) is 4.66. The van der Waals surface area contributed by atoms with Gasteiger partial charge in [-0.2, -0.15) is 5.10 Å². The topological polar surface area (TPSA) is 67.0 Å². The average molecular weight is 428 g/mol. The highest BCUT2D eigenvalue weighted by Gasteiger charge is 2.26. The molecule has 3 heterocycles. The maximum Gasteiger partial charge on any atom is 0.174 e. The molecule has 1 unspecified atom stereocenters. The van der Waals surface area contributed by atoms with Crippen LogP contribution in [0, 0.1) is 13.8 Å². The summed E-state index contributed by atoms with van der Waals surface area (Å²) in [7, 11) is 1.67. The molecule has 0 aliphatic carbocycles. The first-order valence-corrected chi connectivity index (χ1v) is 10.6. The van der Waals surface area contributed by atoms with Crippen LogP contribution in [-0.2, 0) is 11.3 Å². The number of ether oxygens (including phenoxy) is 2. The highest BCUT2D eigenvalue weighted by molar-refractivity contribution is 5.69. The molecule has 1 atom stereocenters. The molecule has 0 fully saturated rings. The maximum atomic E-state index is 6.02. The Bertz CT molecular complexity index is 1270. The second-order valence-electron chi connectivity index (χ2n) is 7.90. The number of imidazole rings is 1. The molecule has 7 nitrogen and oxygen atoms in total. The third-order valence-electron chi connectivity index (χ3n) is 5.54. The number of rotatable bonds is 5. The van der Waals surface area contributed by atoms with Gasteiger partial charge >= 0.3 is 0 Å². The van der Waals surface area contributed by atoms with Crippen LogP contribution in [0.2, 0.25) is 0 Å². The fraction of sp³-hybridized carbons (Fsp3) is 0.240. The van der Waals surface area contributed by atoms with E-state index in [1.807, 2.05) is 52.7 Å². The number of aromatic nitrogens is 5. The van der Waals surface area contributed by atoms with Gasteiger partial charge in [0, 0.05) is 6.20 Å². The summed E-state index contributed by atoms with van der Waals surface area (Å²) in [6.45, 7) is 5.36. The minimum absolute atomic E-state index is 0.197. The molecule has 0 saturated carbocycles. The van der Waals surface area contributed by atoms with E-state index in [0.717, 1.165) is 34.1 Å². The molecule has 0 amide bonds. The van der Waals surface area contributed by atoms with Crippen molar-refractivity contribution in [1.82, 2.24) is 24.3 Å². The molecule has 0 radical (unpaired) electrons. The Balaban J connectivity index is 1.40. The first-order chi connectivity index (χ1) is 15.6. The zero-order valence-electron chi connectivity index (χ0n) is 18.4. The molecular formula is C25H25N5O2. The quantitative estimate of drug-likeness (QED) is 0.473. The Morgan fingerprint density at radius 3 is 2.69 bits per heavy atom. The lowest BCUT2D eigenvalue weighted by Crippen LogP contribution is -2.23. The van der Waals surface area contributed by atoms with Crippen LogP contribution in [-0.4, -0.2) is 38.0 Å². The van der Waals surface area contributed by atoms with E-state index in [0.29, 0.717) is 19.0 Å². The summed E-state index contributed by atoms with van der Waals surface area (Å²) in [6.07, 6.45) is 7.48. The molecule has 4 aromatic rings. The van der Waals surface area contributed by atoms with Gasteiger partial charge in [0.2, 0.25) is 0 Å². The van der Waals surface area contributed by atoms with Gasteiger partial charge in [-0.15, -0.1) is 0 Å². The molecule has 0 saturated heterocycles. The van der Waals surface area contributed by atoms with Crippen LogP contribution in [0.25, 0.3) is 17.8 Å². The maximum absolute atomic E-state index is 6.02. The summed E-state index contributed by atoms with van der Waals surface area (Å²) >= 11 is 0. The SMILES string of the molecule is COc1cc(/C=C/c2nc3n(n2)CCOC3c2ccc(C)cc2)ccc1-n1cnc(C)c1. The van der Waals surface area contributed by atoms with E-state index in [9.17, 15) is 0 Å². The monoisotopic (exact) mass is 427 g/mol. The van der Waals surface area contributed by atoms with Gasteiger partial charge in [0.25, 0.3) is 0 Å². The Morgan fingerprint density at radius 2 is 1.94 bits per heavy atom. The molecular weight excluding hydrogens is 402 g/mol. The van der Waals surface area contributed by atoms with E-state index >= 15 is 0 Å². The van der Waals surface area contributed by atoms with Crippen LogP contribution >= 0.6 is 0 Å². The van der Waals surface area contributed by atoms with Crippen molar-refractivity contribution in [2.75, 3.05) is 13.7 Å². The molecule has 5 rings (SSSR count). The highest BCUT2D eigenvalue weighted by Crippen LogP contribution is 2.29. The third-order valence-corrected chi connectivity index (χ3v) is 5.54. The molecule has 7 heteroatoms. The standard InChI is InChI=1S/C25H25N5O2/c1-17-4-8-20(9-5-17)24-25-27-23(28-30(25)12-13-32-24)11-7-19-6-10-21(22(14-19)31-3)29-15-18(2)26-16-29/h4-11,14-16,24H,12-13H2,1-3H3/b11-7+. The summed E-state index contributed by atoms with van der Waals surface area (Å²) in [5.41, 5.74) is 5.22. The number of methoxy groups -OCH3 is 1. The van der Waals surface area contributed by atoms with Gasteiger partial charge in [-0.3, -0.25) is 0 Å². The smallest absolute Gasteiger partial charge is 0.174 e. The third kappa shape index (κ3) is 3.94. The second-order valence-corrected chi connectivity index (χ2v) is 7.90. The molecule has 162 valence electrons. The molecule has 2 aromatic carbocycles. The summed E-state index contributed by atoms with van der Waals surface area (Å²) < 4.78 is 15.5. The van der Waals surface area contributed by atoms with Gasteiger partial charge in [0.1, 0.15) is 11.9 Å². The number of hydrogen-bond donors (Lipinski definition) is 0. The van der Waals surface area contributed by atoms with E-state index in [1.54, 1.807) is 13.4 Å². The number of benzene rings is 2. The van der Waals surface area contributed by atoms with Crippen LogP contribution in [0.1, 0.15) is 40.1 Å². The molecule has 32 heavy (non-hydrogen) atoms. The second kappa shape index (κ2) is 8.43. The van der Waals surface area contributed by atoms with Crippen molar-refractivity contribution >= 4 is 12.2 Å². The van der Waals surface area contributed by atoms with Crippen LogP contribution in [0.5, 0.6) is 5.75 Å². The molecule has 1 aliphatic rings. The summed E-state index contributed by atoms with van der Waals surface area (Å²) in [6, 6.07) is 14.4. The number of aryl methyl sites for hydroxylation is 2. The zero-order valence-corrected chi connectivity index (χ0v) is 18.4. The minimum Gasteiger partial charge on any atom is -0.495 e. The van der Waals surface area contributed by atoms with E-state index in [4.69, 9.17) is 14.5 Å². The average Bonchev–Trinajstić information content (AvgIpc) is 3.43. The fourth-order valence-corrected chi connectivity index (χ4v) is 3.85. The molecule has 1 aliphatic heterocycles. The first kappa shape index (κ1) is 20.2. The van der Waals surface area contributed by atoms with E-state index < -0.39 is 0 Å². The number of hydrogen-bond acceptors (Lipinski definition) is 5. The van der Waals surface area contributed by atoms with Gasteiger partial charge in [0.05, 0.1) is 38.0 Å². The lowest BCUT2D eigenvalue weighted by atomic mass is 10.1. The van der Waals surface area contributed by atoms with Crippen molar-refractivity contribution in [3.63, 3.8) is 0 Å². The Labute approximate surface area is 187 Å². The van der Waals surface area contributed by atoms with Crippen LogP contribution in [0.15, 0.2) is 55.0 Å². The van der Waals surface area contributed by atoms with Gasteiger partial charge in [-0.25, -0.2) is 14.6 Å². The van der Waals surface area contributed by atoms with E-state index in [1.165, 1.54) is 5.56 Å². The van der Waals surface area contributed by atoms with Crippen molar-refractivity contribution in [2.45, 2.75) is 26.5 Å². The van der Waals surface area contributed by atoms with E-state index in [-0.39, 0.29) is 6.10 Å². The minimum atomic E-state index is -0.197. The van der Waals surface area contributed by atoms with Crippen molar-refractivity contribution in [2.24, 2.45) is 0 Å². The van der Waals surface area contributed by atoms with E-state index in [2.05, 4.69) is 41.3 Å². The van der Waals surface area contributed by atoms with Crippen LogP contribution in [0.4, 0.5) is 0 Å². The molecule has 0 bridgehead atoms. The number of fused-ring (bicyclic) bond motifs is 1.